The number of anilines is 6. The van der Waals surface area contributed by atoms with Crippen LogP contribution in [-0.4, -0.2) is 63.1 Å². The van der Waals surface area contributed by atoms with E-state index in [1.807, 2.05) is 24.1 Å². The number of halogens is 1. The van der Waals surface area contributed by atoms with Crippen molar-refractivity contribution >= 4 is 50.1 Å². The van der Waals surface area contributed by atoms with E-state index >= 15 is 0 Å². The van der Waals surface area contributed by atoms with Crippen LogP contribution in [0, 0.1) is 17.1 Å². The molecule has 5 rings (SSSR count). The van der Waals surface area contributed by atoms with Gasteiger partial charge in [-0.15, -0.1) is 0 Å². The van der Waals surface area contributed by atoms with Gasteiger partial charge in [0, 0.05) is 61.4 Å². The summed E-state index contributed by atoms with van der Waals surface area (Å²) in [5.74, 6) is -0.654. The van der Waals surface area contributed by atoms with Crippen LogP contribution in [0.3, 0.4) is 0 Å². The molecule has 3 heterocycles. The number of sulfonamides is 1. The quantitative estimate of drug-likeness (QED) is 0.347. The Labute approximate surface area is 219 Å². The van der Waals surface area contributed by atoms with Crippen LogP contribution >= 0.6 is 0 Å². The highest BCUT2D eigenvalue weighted by atomic mass is 32.2. The second kappa shape index (κ2) is 10.3. The van der Waals surface area contributed by atoms with Crippen LogP contribution < -0.4 is 26.0 Å². The average Bonchev–Trinajstić information content (AvgIpc) is 3.28. The number of hydrogen-bond donors (Lipinski definition) is 4. The van der Waals surface area contributed by atoms with E-state index in [9.17, 15) is 12.8 Å². The zero-order chi connectivity index (χ0) is 26.9. The summed E-state index contributed by atoms with van der Waals surface area (Å²) in [5, 5.41) is 23.6. The van der Waals surface area contributed by atoms with Crippen LogP contribution in [0.5, 0.6) is 0 Å². The van der Waals surface area contributed by atoms with Crippen molar-refractivity contribution in [3.05, 3.63) is 60.1 Å². The first kappa shape index (κ1) is 25.4. The van der Waals surface area contributed by atoms with Gasteiger partial charge in [-0.25, -0.2) is 22.9 Å². The number of piperazine rings is 1. The normalized spacial score (nSPS) is 16.6. The van der Waals surface area contributed by atoms with Crippen LogP contribution in [0.25, 0.3) is 5.57 Å². The molecule has 0 unspecified atom stereocenters. The van der Waals surface area contributed by atoms with Gasteiger partial charge in [-0.1, -0.05) is 6.07 Å². The number of hydrogen-bond acceptors (Lipinski definition) is 10. The first-order valence-corrected chi connectivity index (χ1v) is 13.4. The van der Waals surface area contributed by atoms with Crippen LogP contribution in [0.1, 0.15) is 5.56 Å². The maximum Gasteiger partial charge on any atom is 0.240 e. The lowest BCUT2D eigenvalue weighted by Crippen LogP contribution is -2.45. The summed E-state index contributed by atoms with van der Waals surface area (Å²) in [5.41, 5.74) is 4.13. The lowest BCUT2D eigenvalue weighted by atomic mass is 10.1. The Morgan fingerprint density at radius 3 is 2.61 bits per heavy atom. The minimum atomic E-state index is -4.02. The van der Waals surface area contributed by atoms with E-state index < -0.39 is 15.8 Å². The number of nitrogens with zero attached hydrogens (tertiary/aromatic N) is 5. The van der Waals surface area contributed by atoms with Crippen molar-refractivity contribution in [3.63, 3.8) is 0 Å². The summed E-state index contributed by atoms with van der Waals surface area (Å²) in [6, 6.07) is 12.3. The molecular weight excluding hydrogens is 509 g/mol. The first-order valence-electron chi connectivity index (χ1n) is 11.8. The summed E-state index contributed by atoms with van der Waals surface area (Å²) in [6.45, 7) is 3.50. The minimum Gasteiger partial charge on any atom is -0.380 e. The largest absolute Gasteiger partial charge is 0.380 e. The Kier molecular flexibility index (Phi) is 6.85. The number of primary sulfonamides is 1. The van der Waals surface area contributed by atoms with Crippen LogP contribution in [0.4, 0.5) is 38.9 Å². The standard InChI is InChI=1S/C25H26FN9O2S/c1-34-8-10-35(11-9-34)22-5-3-18(13-23(22)38(28,36)37)32-25-30-15-20(26)24(33-25)31-17-2-4-19-16(6-7-27)14-29-21(19)12-17/h2-6,12-13,15,29H,8-11,14H2,1H3,(H2,28,36,37)(H2,30,31,32,33)/b16-6-. The van der Waals surface area contributed by atoms with Gasteiger partial charge in [0.25, 0.3) is 0 Å². The molecule has 0 saturated carbocycles. The van der Waals surface area contributed by atoms with E-state index in [4.69, 9.17) is 10.4 Å². The second-order valence-corrected chi connectivity index (χ2v) is 10.6. The third-order valence-electron chi connectivity index (χ3n) is 6.45. The molecule has 13 heteroatoms. The van der Waals surface area contributed by atoms with E-state index in [-0.39, 0.29) is 16.7 Å². The van der Waals surface area contributed by atoms with Crippen molar-refractivity contribution in [1.82, 2.24) is 14.9 Å². The van der Waals surface area contributed by atoms with E-state index in [0.717, 1.165) is 36.1 Å². The first-order chi connectivity index (χ1) is 18.2. The second-order valence-electron chi connectivity index (χ2n) is 9.07. The number of nitrogens with one attached hydrogen (secondary N) is 3. The third-order valence-corrected chi connectivity index (χ3v) is 7.39. The molecule has 1 aromatic heterocycles. The summed E-state index contributed by atoms with van der Waals surface area (Å²) in [6.07, 6.45) is 2.52. The molecule has 11 nitrogen and oxygen atoms in total. The molecule has 0 amide bonds. The SMILES string of the molecule is CN1CCN(c2ccc(Nc3ncc(F)c(Nc4ccc5c(c4)NC/C5=C/C#N)n3)cc2S(N)(=O)=O)CC1. The Bertz CT molecular complexity index is 1560. The summed E-state index contributed by atoms with van der Waals surface area (Å²) in [7, 11) is -2.00. The van der Waals surface area contributed by atoms with Crippen LogP contribution in [0.15, 0.2) is 53.6 Å². The van der Waals surface area contributed by atoms with Crippen molar-refractivity contribution in [2.24, 2.45) is 5.14 Å². The minimum absolute atomic E-state index is 0.0111. The molecule has 0 spiro atoms. The van der Waals surface area contributed by atoms with Gasteiger partial charge in [0.15, 0.2) is 11.6 Å². The molecule has 0 atom stereocenters. The average molecular weight is 536 g/mol. The van der Waals surface area contributed by atoms with Gasteiger partial charge < -0.3 is 25.8 Å². The van der Waals surface area contributed by atoms with Gasteiger partial charge in [0.2, 0.25) is 16.0 Å². The molecule has 196 valence electrons. The van der Waals surface area contributed by atoms with Gasteiger partial charge in [0.05, 0.1) is 18.0 Å². The number of fused-ring (bicyclic) bond motifs is 1. The zero-order valence-electron chi connectivity index (χ0n) is 20.6. The molecule has 38 heavy (non-hydrogen) atoms. The molecular formula is C25H26FN9O2S. The molecule has 0 aliphatic carbocycles. The Morgan fingerprint density at radius 1 is 1.13 bits per heavy atom. The van der Waals surface area contributed by atoms with E-state index in [1.54, 1.807) is 24.3 Å². The van der Waals surface area contributed by atoms with Gasteiger partial charge in [-0.05, 0) is 43.0 Å². The predicted octanol–water partition coefficient (Wildman–Crippen LogP) is 2.83. The van der Waals surface area contributed by atoms with E-state index in [1.165, 1.54) is 12.1 Å². The summed E-state index contributed by atoms with van der Waals surface area (Å²) in [4.78, 5) is 12.4. The molecule has 1 fully saturated rings. The molecule has 2 aromatic carbocycles. The van der Waals surface area contributed by atoms with Gasteiger partial charge >= 0.3 is 0 Å². The number of rotatable bonds is 6. The third kappa shape index (κ3) is 5.37. The monoisotopic (exact) mass is 535 g/mol. The molecule has 2 aliphatic heterocycles. The van der Waals surface area contributed by atoms with E-state index in [2.05, 4.69) is 30.8 Å². The van der Waals surface area contributed by atoms with Crippen LogP contribution in [0.2, 0.25) is 0 Å². The molecule has 3 aromatic rings. The van der Waals surface area contributed by atoms with Crippen LogP contribution in [-0.2, 0) is 10.0 Å². The lowest BCUT2D eigenvalue weighted by molar-refractivity contribution is 0.312. The Hall–Kier alpha value is -4.25. The Balaban J connectivity index is 1.38. The maximum absolute atomic E-state index is 14.6. The van der Waals surface area contributed by atoms with Crippen molar-refractivity contribution in [3.8, 4) is 6.07 Å². The zero-order valence-corrected chi connectivity index (χ0v) is 21.4. The number of nitriles is 1. The Morgan fingerprint density at radius 2 is 1.87 bits per heavy atom. The molecule has 0 radical (unpaired) electrons. The fourth-order valence-corrected chi connectivity index (χ4v) is 5.23. The molecule has 0 bridgehead atoms. The van der Waals surface area contributed by atoms with Crippen molar-refractivity contribution < 1.29 is 12.8 Å². The number of aromatic nitrogens is 2. The predicted molar refractivity (Wildman–Crippen MR) is 145 cm³/mol. The molecule has 5 N–H and O–H groups in total. The lowest BCUT2D eigenvalue weighted by Gasteiger charge is -2.35. The summed E-state index contributed by atoms with van der Waals surface area (Å²) >= 11 is 0. The van der Waals surface area contributed by atoms with Crippen molar-refractivity contribution in [2.45, 2.75) is 4.90 Å². The van der Waals surface area contributed by atoms with Gasteiger partial charge in [-0.2, -0.15) is 10.2 Å². The smallest absolute Gasteiger partial charge is 0.240 e. The fraction of sp³-hybridized carbons (Fsp3) is 0.240. The number of likely N-dealkylation sites (N-methyl/N-ethyl adjacent to an activating group) is 1. The highest BCUT2D eigenvalue weighted by molar-refractivity contribution is 7.89. The van der Waals surface area contributed by atoms with E-state index in [0.29, 0.717) is 36.7 Å². The van der Waals surface area contributed by atoms with Gasteiger partial charge in [0.1, 0.15) is 4.90 Å². The van der Waals surface area contributed by atoms with Crippen molar-refractivity contribution in [1.29, 1.82) is 5.26 Å². The highest BCUT2D eigenvalue weighted by Crippen LogP contribution is 2.34. The fourth-order valence-electron chi connectivity index (χ4n) is 4.45. The molecule has 1 saturated heterocycles. The summed E-state index contributed by atoms with van der Waals surface area (Å²) < 4.78 is 39.4. The highest BCUT2D eigenvalue weighted by Gasteiger charge is 2.23. The topological polar surface area (TPSA) is 152 Å². The van der Waals surface area contributed by atoms with Crippen molar-refractivity contribution in [2.75, 3.05) is 60.6 Å². The number of nitrogens with two attached hydrogens (primary N) is 1. The number of benzene rings is 2. The van der Waals surface area contributed by atoms with Gasteiger partial charge in [-0.3, -0.25) is 0 Å². The number of allylic oxidation sites excluding steroid dienone is 1. The maximum atomic E-state index is 14.6. The molecule has 2 aliphatic rings.